The van der Waals surface area contributed by atoms with Crippen LogP contribution in [0.2, 0.25) is 0 Å². The molecule has 3 aromatic carbocycles. The molecule has 1 aliphatic rings. The molecule has 0 unspecified atom stereocenters. The predicted octanol–water partition coefficient (Wildman–Crippen LogP) is 5.68. The third kappa shape index (κ3) is 5.66. The zero-order chi connectivity index (χ0) is 28.4. The second kappa shape index (κ2) is 12.4. The molecule has 0 bridgehead atoms. The number of rotatable bonds is 7. The van der Waals surface area contributed by atoms with Gasteiger partial charge in [0.25, 0.3) is 5.56 Å². The number of carbonyl (C=O) groups excluding carboxylic acids is 1. The Bertz CT molecular complexity index is 1780. The van der Waals surface area contributed by atoms with E-state index < -0.39 is 17.8 Å². The summed E-state index contributed by atoms with van der Waals surface area (Å²) in [5.41, 5.74) is 2.48. The highest BCUT2D eigenvalue weighted by Crippen LogP contribution is 2.35. The van der Waals surface area contributed by atoms with Gasteiger partial charge in [0.15, 0.2) is 4.80 Å². The van der Waals surface area contributed by atoms with E-state index in [1.54, 1.807) is 19.1 Å². The molecule has 5 rings (SSSR count). The molecule has 0 radical (unpaired) electrons. The Labute approximate surface area is 261 Å². The minimum Gasteiger partial charge on any atom is -0.492 e. The predicted molar refractivity (Wildman–Crippen MR) is 171 cm³/mol. The van der Waals surface area contributed by atoms with Crippen molar-refractivity contribution >= 4 is 74.3 Å². The average Bonchev–Trinajstić information content (AvgIpc) is 3.25. The van der Waals surface area contributed by atoms with Crippen molar-refractivity contribution in [3.63, 3.8) is 0 Å². The summed E-state index contributed by atoms with van der Waals surface area (Å²) in [4.78, 5) is 32.7. The topological polar surface area (TPSA) is 69.9 Å². The van der Waals surface area contributed by atoms with Gasteiger partial charge in [0.05, 0.1) is 42.2 Å². The van der Waals surface area contributed by atoms with E-state index in [2.05, 4.69) is 45.2 Å². The minimum absolute atomic E-state index is 0.153. The number of hydrogen-bond donors (Lipinski definition) is 0. The van der Waals surface area contributed by atoms with E-state index in [1.807, 2.05) is 55.5 Å². The van der Waals surface area contributed by atoms with Crippen LogP contribution in [0.25, 0.3) is 11.8 Å². The maximum atomic E-state index is 14.0. The number of nitrogens with zero attached hydrogens (tertiary/aromatic N) is 2. The number of fused-ring (bicyclic) bond motifs is 1. The number of hydrogen-bond acceptors (Lipinski definition) is 6. The molecule has 0 fully saturated rings. The number of thiazole rings is 1. The number of esters is 1. The lowest BCUT2D eigenvalue weighted by Gasteiger charge is -2.25. The SMILES string of the molecule is CCOC(=O)C1=C(c2ccccc2)N=c2s/c(=C\c3cc(I)c(OCC)c(I)c3)c(=O)n2[C@@H]1c1ccc(F)cc1. The van der Waals surface area contributed by atoms with E-state index in [4.69, 9.17) is 14.5 Å². The van der Waals surface area contributed by atoms with E-state index in [9.17, 15) is 14.0 Å². The maximum Gasteiger partial charge on any atom is 0.338 e. The molecular weight excluding hydrogens is 757 g/mol. The second-order valence-electron chi connectivity index (χ2n) is 8.73. The van der Waals surface area contributed by atoms with Gasteiger partial charge in [-0.25, -0.2) is 14.2 Å². The van der Waals surface area contributed by atoms with Crippen LogP contribution >= 0.6 is 56.5 Å². The van der Waals surface area contributed by atoms with E-state index in [1.165, 1.54) is 28.0 Å². The average molecular weight is 780 g/mol. The number of benzene rings is 3. The summed E-state index contributed by atoms with van der Waals surface area (Å²) in [6.07, 6.45) is 1.82. The summed E-state index contributed by atoms with van der Waals surface area (Å²) in [5, 5.41) is 0. The van der Waals surface area contributed by atoms with Gasteiger partial charge in [-0.15, -0.1) is 0 Å². The van der Waals surface area contributed by atoms with Crippen LogP contribution in [0.1, 0.15) is 36.6 Å². The standard InChI is InChI=1S/C30H23FI2N2O4S/c1-3-38-27-21(32)14-17(15-22(27)33)16-23-28(36)35-26(19-10-12-20(31)13-11-19)24(29(37)39-4-2)25(34-30(35)40-23)18-8-6-5-7-9-18/h5-16,26H,3-4H2,1-2H3/b23-16-/t26-/m1/s1. The summed E-state index contributed by atoms with van der Waals surface area (Å²) >= 11 is 5.69. The fraction of sp³-hybridized carbons (Fsp3) is 0.167. The third-order valence-electron chi connectivity index (χ3n) is 6.17. The molecule has 0 saturated heterocycles. The van der Waals surface area contributed by atoms with Crippen LogP contribution in [0.15, 0.2) is 82.1 Å². The number of aromatic nitrogens is 1. The largest absolute Gasteiger partial charge is 0.492 e. The molecule has 0 spiro atoms. The van der Waals surface area contributed by atoms with Gasteiger partial charge in [0, 0.05) is 5.56 Å². The van der Waals surface area contributed by atoms with Crippen LogP contribution in [0.5, 0.6) is 5.75 Å². The van der Waals surface area contributed by atoms with Crippen LogP contribution in [0, 0.1) is 13.0 Å². The third-order valence-corrected chi connectivity index (χ3v) is 8.75. The van der Waals surface area contributed by atoms with Gasteiger partial charge in [-0.05, 0) is 100 Å². The Kier molecular flexibility index (Phi) is 8.86. The van der Waals surface area contributed by atoms with Crippen molar-refractivity contribution in [3.05, 3.63) is 122 Å². The highest BCUT2D eigenvalue weighted by molar-refractivity contribution is 14.1. The quantitative estimate of drug-likeness (QED) is 0.179. The van der Waals surface area contributed by atoms with Gasteiger partial charge < -0.3 is 9.47 Å². The molecule has 6 nitrogen and oxygen atoms in total. The van der Waals surface area contributed by atoms with E-state index >= 15 is 0 Å². The zero-order valence-corrected chi connectivity index (χ0v) is 26.6. The fourth-order valence-electron chi connectivity index (χ4n) is 4.50. The Balaban J connectivity index is 1.79. The zero-order valence-electron chi connectivity index (χ0n) is 21.5. The highest BCUT2D eigenvalue weighted by Gasteiger charge is 2.35. The first-order valence-electron chi connectivity index (χ1n) is 12.5. The van der Waals surface area contributed by atoms with Crippen molar-refractivity contribution in [2.24, 2.45) is 4.99 Å². The summed E-state index contributed by atoms with van der Waals surface area (Å²) in [7, 11) is 0. The Morgan fingerprint density at radius 1 is 1.05 bits per heavy atom. The minimum atomic E-state index is -0.853. The molecule has 10 heteroatoms. The molecule has 1 atom stereocenters. The molecule has 4 aromatic rings. The van der Waals surface area contributed by atoms with Gasteiger partial charge in [0.1, 0.15) is 11.6 Å². The van der Waals surface area contributed by atoms with Gasteiger partial charge in [0.2, 0.25) is 0 Å². The lowest BCUT2D eigenvalue weighted by Crippen LogP contribution is -2.40. The van der Waals surface area contributed by atoms with Crippen LogP contribution in [0.3, 0.4) is 0 Å². The Morgan fingerprint density at radius 3 is 2.35 bits per heavy atom. The molecule has 0 aliphatic carbocycles. The summed E-state index contributed by atoms with van der Waals surface area (Å²) in [6.45, 7) is 4.37. The van der Waals surface area contributed by atoms with Crippen LogP contribution in [0.4, 0.5) is 4.39 Å². The molecule has 0 saturated carbocycles. The van der Waals surface area contributed by atoms with Gasteiger partial charge in [-0.1, -0.05) is 53.8 Å². The number of carbonyl (C=O) groups is 1. The highest BCUT2D eigenvalue weighted by atomic mass is 127. The molecule has 1 aliphatic heterocycles. The molecular formula is C30H23FI2N2O4S. The van der Waals surface area contributed by atoms with Gasteiger partial charge in [-0.2, -0.15) is 0 Å². The molecule has 0 amide bonds. The maximum absolute atomic E-state index is 14.0. The van der Waals surface area contributed by atoms with Crippen LogP contribution in [-0.4, -0.2) is 23.8 Å². The second-order valence-corrected chi connectivity index (χ2v) is 12.1. The number of ether oxygens (including phenoxy) is 2. The van der Waals surface area contributed by atoms with Crippen molar-refractivity contribution in [2.75, 3.05) is 13.2 Å². The van der Waals surface area contributed by atoms with E-state index in [0.29, 0.717) is 32.8 Å². The Hall–Kier alpha value is -2.84. The van der Waals surface area contributed by atoms with Crippen molar-refractivity contribution in [1.29, 1.82) is 0 Å². The molecule has 1 aromatic heterocycles. The molecule has 0 N–H and O–H groups in total. The summed E-state index contributed by atoms with van der Waals surface area (Å²) in [5.74, 6) is -0.185. The first-order valence-corrected chi connectivity index (χ1v) is 15.5. The van der Waals surface area contributed by atoms with E-state index in [-0.39, 0.29) is 17.7 Å². The fourth-order valence-corrected chi connectivity index (χ4v) is 7.63. The normalized spacial score (nSPS) is 15.0. The monoisotopic (exact) mass is 780 g/mol. The molecule has 2 heterocycles. The van der Waals surface area contributed by atoms with Gasteiger partial charge in [-0.3, -0.25) is 9.36 Å². The van der Waals surface area contributed by atoms with Crippen LogP contribution in [-0.2, 0) is 9.53 Å². The van der Waals surface area contributed by atoms with Crippen molar-refractivity contribution in [1.82, 2.24) is 4.57 Å². The Morgan fingerprint density at radius 2 is 1.73 bits per heavy atom. The lowest BCUT2D eigenvalue weighted by molar-refractivity contribution is -0.138. The van der Waals surface area contributed by atoms with E-state index in [0.717, 1.165) is 18.5 Å². The van der Waals surface area contributed by atoms with Crippen molar-refractivity contribution < 1.29 is 18.7 Å². The first-order chi connectivity index (χ1) is 19.3. The van der Waals surface area contributed by atoms with Gasteiger partial charge >= 0.3 is 5.97 Å². The van der Waals surface area contributed by atoms with Crippen molar-refractivity contribution in [3.8, 4) is 5.75 Å². The summed E-state index contributed by atoms with van der Waals surface area (Å²) < 4.78 is 29.0. The van der Waals surface area contributed by atoms with Crippen LogP contribution < -0.4 is 19.6 Å². The molecule has 40 heavy (non-hydrogen) atoms. The summed E-state index contributed by atoms with van der Waals surface area (Å²) in [6, 6.07) is 18.2. The number of halogens is 3. The van der Waals surface area contributed by atoms with Crippen molar-refractivity contribution in [2.45, 2.75) is 19.9 Å². The lowest BCUT2D eigenvalue weighted by atomic mass is 9.93. The smallest absolute Gasteiger partial charge is 0.338 e. The first kappa shape index (κ1) is 28.7. The molecule has 204 valence electrons.